The fourth-order valence-electron chi connectivity index (χ4n) is 3.23. The van der Waals surface area contributed by atoms with Gasteiger partial charge >= 0.3 is 0 Å². The molecule has 8 heteroatoms. The molecule has 0 radical (unpaired) electrons. The highest BCUT2D eigenvalue weighted by Crippen LogP contribution is 2.28. The fraction of sp³-hybridized carbons (Fsp3) is 0.208. The summed E-state index contributed by atoms with van der Waals surface area (Å²) in [6.45, 7) is 5.18. The normalized spacial score (nSPS) is 13.8. The first-order chi connectivity index (χ1) is 15.7. The summed E-state index contributed by atoms with van der Waals surface area (Å²) in [6.07, 6.45) is 4.94. The number of nitrogens with one attached hydrogen (secondary N) is 2. The van der Waals surface area contributed by atoms with Crippen LogP contribution < -0.4 is 15.5 Å². The van der Waals surface area contributed by atoms with Crippen molar-refractivity contribution in [3.05, 3.63) is 72.9 Å². The summed E-state index contributed by atoms with van der Waals surface area (Å²) < 4.78 is 5.42. The third-order valence-corrected chi connectivity index (χ3v) is 5.74. The average molecular weight is 448 g/mol. The van der Waals surface area contributed by atoms with Crippen LogP contribution in [0.3, 0.4) is 0 Å². The van der Waals surface area contributed by atoms with Crippen molar-refractivity contribution in [2.75, 3.05) is 41.8 Å². The first-order valence-electron chi connectivity index (χ1n) is 10.4. The van der Waals surface area contributed by atoms with E-state index in [0.29, 0.717) is 5.95 Å². The maximum absolute atomic E-state index is 11.6. The van der Waals surface area contributed by atoms with Gasteiger partial charge in [0.05, 0.1) is 13.2 Å². The van der Waals surface area contributed by atoms with Crippen molar-refractivity contribution in [2.24, 2.45) is 0 Å². The number of amides is 1. The fourth-order valence-corrected chi connectivity index (χ4v) is 4.00. The minimum absolute atomic E-state index is 0.141. The Morgan fingerprint density at radius 3 is 2.47 bits per heavy atom. The van der Waals surface area contributed by atoms with Gasteiger partial charge in [-0.15, -0.1) is 0 Å². The lowest BCUT2D eigenvalue weighted by atomic mass is 10.2. The first kappa shape index (κ1) is 21.9. The van der Waals surface area contributed by atoms with Crippen LogP contribution in [0.25, 0.3) is 0 Å². The predicted octanol–water partition coefficient (Wildman–Crippen LogP) is 4.72. The SMILES string of the molecule is C/C=C/C(=O)Nc1ccc(Sc2ccnc(Nc3ccc(N4CCOCC4)cc3)n2)cc1. The van der Waals surface area contributed by atoms with Crippen LogP contribution in [0.1, 0.15) is 6.92 Å². The molecule has 2 aromatic carbocycles. The highest BCUT2D eigenvalue weighted by atomic mass is 32.2. The summed E-state index contributed by atoms with van der Waals surface area (Å²) in [5, 5.41) is 6.92. The quantitative estimate of drug-likeness (QED) is 0.401. The zero-order valence-corrected chi connectivity index (χ0v) is 18.6. The van der Waals surface area contributed by atoms with Gasteiger partial charge in [-0.2, -0.15) is 0 Å². The Morgan fingerprint density at radius 2 is 1.75 bits per heavy atom. The van der Waals surface area contributed by atoms with Gasteiger partial charge in [-0.3, -0.25) is 4.79 Å². The number of carbonyl (C=O) groups excluding carboxylic acids is 1. The number of allylic oxidation sites excluding steroid dienone is 1. The van der Waals surface area contributed by atoms with E-state index in [1.54, 1.807) is 12.3 Å². The van der Waals surface area contributed by atoms with Crippen LogP contribution in [0.4, 0.5) is 23.0 Å². The van der Waals surface area contributed by atoms with Crippen LogP contribution in [0.15, 0.2) is 82.9 Å². The second-order valence-corrected chi connectivity index (χ2v) is 8.20. The maximum atomic E-state index is 11.6. The Hall–Kier alpha value is -3.36. The van der Waals surface area contributed by atoms with Gasteiger partial charge in [-0.1, -0.05) is 17.8 Å². The molecule has 164 valence electrons. The molecule has 2 N–H and O–H groups in total. The number of morpholine rings is 1. The van der Waals surface area contributed by atoms with Gasteiger partial charge in [0.25, 0.3) is 0 Å². The molecule has 0 saturated carbocycles. The number of nitrogens with zero attached hydrogens (tertiary/aromatic N) is 3. The minimum atomic E-state index is -0.141. The molecule has 1 saturated heterocycles. The third-order valence-electron chi connectivity index (χ3n) is 4.79. The van der Waals surface area contributed by atoms with E-state index in [-0.39, 0.29) is 5.91 Å². The zero-order valence-electron chi connectivity index (χ0n) is 17.8. The number of aromatic nitrogens is 2. The number of benzene rings is 2. The van der Waals surface area contributed by atoms with Crippen LogP contribution in [0.5, 0.6) is 0 Å². The zero-order chi connectivity index (χ0) is 22.2. The van der Waals surface area contributed by atoms with E-state index in [4.69, 9.17) is 4.74 Å². The first-order valence-corrected chi connectivity index (χ1v) is 11.3. The van der Waals surface area contributed by atoms with E-state index in [9.17, 15) is 4.79 Å². The van der Waals surface area contributed by atoms with Crippen LogP contribution in [0, 0.1) is 0 Å². The number of rotatable bonds is 7. The topological polar surface area (TPSA) is 79.4 Å². The maximum Gasteiger partial charge on any atom is 0.248 e. The van der Waals surface area contributed by atoms with E-state index in [1.807, 2.05) is 49.4 Å². The Labute approximate surface area is 191 Å². The molecule has 1 aromatic heterocycles. The molecule has 0 aliphatic carbocycles. The number of carbonyl (C=O) groups is 1. The molecule has 3 aromatic rings. The Kier molecular flexibility index (Phi) is 7.37. The molecule has 0 bridgehead atoms. The standard InChI is InChI=1S/C24H25N5O2S/c1-2-3-22(30)26-18-6-10-21(11-7-18)32-23-12-13-25-24(28-23)27-19-4-8-20(9-5-19)29-14-16-31-17-15-29/h2-13H,14-17H2,1H3,(H,26,30)(H,25,27,28)/b3-2+. The molecule has 1 aliphatic heterocycles. The molecular weight excluding hydrogens is 422 g/mol. The molecule has 2 heterocycles. The summed E-state index contributed by atoms with van der Waals surface area (Å²) in [4.78, 5) is 23.9. The summed E-state index contributed by atoms with van der Waals surface area (Å²) in [6, 6.07) is 17.8. The molecule has 7 nitrogen and oxygen atoms in total. The van der Waals surface area contributed by atoms with Crippen molar-refractivity contribution in [3.8, 4) is 0 Å². The largest absolute Gasteiger partial charge is 0.378 e. The molecule has 1 fully saturated rings. The highest BCUT2D eigenvalue weighted by Gasteiger charge is 2.11. The van der Waals surface area contributed by atoms with Crippen molar-refractivity contribution in [1.82, 2.24) is 9.97 Å². The van der Waals surface area contributed by atoms with Crippen molar-refractivity contribution in [3.63, 3.8) is 0 Å². The van der Waals surface area contributed by atoms with E-state index < -0.39 is 0 Å². The number of ether oxygens (including phenoxy) is 1. The van der Waals surface area contributed by atoms with Gasteiger partial charge in [0.1, 0.15) is 5.03 Å². The number of anilines is 4. The van der Waals surface area contributed by atoms with Crippen LogP contribution in [-0.4, -0.2) is 42.2 Å². The average Bonchev–Trinajstić information content (AvgIpc) is 2.82. The molecule has 1 aliphatic rings. The smallest absolute Gasteiger partial charge is 0.248 e. The van der Waals surface area contributed by atoms with Gasteiger partial charge in [0, 0.05) is 41.2 Å². The highest BCUT2D eigenvalue weighted by molar-refractivity contribution is 7.99. The Bertz CT molecular complexity index is 1060. The van der Waals surface area contributed by atoms with Gasteiger partial charge in [0.15, 0.2) is 0 Å². The van der Waals surface area contributed by atoms with E-state index in [1.165, 1.54) is 23.5 Å². The molecule has 32 heavy (non-hydrogen) atoms. The lowest BCUT2D eigenvalue weighted by Crippen LogP contribution is -2.36. The van der Waals surface area contributed by atoms with Gasteiger partial charge in [0.2, 0.25) is 11.9 Å². The Morgan fingerprint density at radius 1 is 1.03 bits per heavy atom. The van der Waals surface area contributed by atoms with E-state index in [2.05, 4.69) is 37.6 Å². The van der Waals surface area contributed by atoms with Crippen molar-refractivity contribution >= 4 is 40.7 Å². The monoisotopic (exact) mass is 447 g/mol. The molecule has 0 spiro atoms. The summed E-state index contributed by atoms with van der Waals surface area (Å²) >= 11 is 1.54. The van der Waals surface area contributed by atoms with Crippen molar-refractivity contribution < 1.29 is 9.53 Å². The van der Waals surface area contributed by atoms with Crippen LogP contribution in [-0.2, 0) is 9.53 Å². The lowest BCUT2D eigenvalue weighted by molar-refractivity contribution is -0.111. The predicted molar refractivity (Wildman–Crippen MR) is 129 cm³/mol. The van der Waals surface area contributed by atoms with Crippen LogP contribution >= 0.6 is 11.8 Å². The molecule has 0 unspecified atom stereocenters. The second kappa shape index (κ2) is 10.8. The summed E-state index contributed by atoms with van der Waals surface area (Å²) in [5.41, 5.74) is 2.88. The van der Waals surface area contributed by atoms with E-state index in [0.717, 1.165) is 47.6 Å². The third kappa shape index (κ3) is 6.09. The van der Waals surface area contributed by atoms with E-state index >= 15 is 0 Å². The summed E-state index contributed by atoms with van der Waals surface area (Å²) in [7, 11) is 0. The number of hydrogen-bond donors (Lipinski definition) is 2. The number of hydrogen-bond acceptors (Lipinski definition) is 7. The van der Waals surface area contributed by atoms with Crippen molar-refractivity contribution in [2.45, 2.75) is 16.8 Å². The van der Waals surface area contributed by atoms with Gasteiger partial charge in [-0.05, 0) is 67.6 Å². The van der Waals surface area contributed by atoms with Crippen molar-refractivity contribution in [1.29, 1.82) is 0 Å². The molecule has 4 rings (SSSR count). The molecule has 0 atom stereocenters. The van der Waals surface area contributed by atoms with Crippen LogP contribution in [0.2, 0.25) is 0 Å². The lowest BCUT2D eigenvalue weighted by Gasteiger charge is -2.28. The van der Waals surface area contributed by atoms with Gasteiger partial charge < -0.3 is 20.3 Å². The Balaban J connectivity index is 1.36. The minimum Gasteiger partial charge on any atom is -0.378 e. The second-order valence-electron chi connectivity index (χ2n) is 7.11. The molecule has 1 amide bonds. The van der Waals surface area contributed by atoms with Gasteiger partial charge in [-0.25, -0.2) is 9.97 Å². The molecular formula is C24H25N5O2S. The summed E-state index contributed by atoms with van der Waals surface area (Å²) in [5.74, 6) is 0.404.